The van der Waals surface area contributed by atoms with Gasteiger partial charge >= 0.3 is 12.1 Å². The summed E-state index contributed by atoms with van der Waals surface area (Å²) in [5.74, 6) is 0.112. The first-order valence-corrected chi connectivity index (χ1v) is 10.4. The van der Waals surface area contributed by atoms with Crippen LogP contribution in [0.25, 0.3) is 0 Å². The molecule has 0 aromatic carbocycles. The Kier molecular flexibility index (Phi) is 5.55. The summed E-state index contributed by atoms with van der Waals surface area (Å²) in [5.41, 5.74) is -1.86. The number of likely N-dealkylation sites (tertiary alicyclic amines) is 1. The van der Waals surface area contributed by atoms with E-state index in [1.54, 1.807) is 34.6 Å². The first-order valence-electron chi connectivity index (χ1n) is 10.4. The summed E-state index contributed by atoms with van der Waals surface area (Å²) in [6.45, 7) is 8.58. The molecule has 3 rings (SSSR count). The third kappa shape index (κ3) is 3.86. The summed E-state index contributed by atoms with van der Waals surface area (Å²) in [6, 6.07) is -2.29. The third-order valence-corrected chi connectivity index (χ3v) is 6.81. The van der Waals surface area contributed by atoms with Crippen LogP contribution in [0.15, 0.2) is 0 Å². The highest BCUT2D eigenvalue weighted by Gasteiger charge is 2.63. The molecule has 3 aliphatic rings. The number of hydrogen-bond donors (Lipinski definition) is 2. The molecule has 1 aliphatic heterocycles. The van der Waals surface area contributed by atoms with Crippen molar-refractivity contribution in [1.82, 2.24) is 10.2 Å². The number of fused-ring (bicyclic) bond motifs is 5. The number of nitrogens with one attached hydrogen (secondary N) is 1. The summed E-state index contributed by atoms with van der Waals surface area (Å²) in [6.07, 6.45) is 4.90. The molecular formula is C22H31FN2O5. The Morgan fingerprint density at radius 2 is 1.83 bits per heavy atom. The standard InChI is InChI=1S/C22H31FN2O5/c1-7-22(5,6)17(24-20(29)30-21(2,3)4)18(26)25-10-13-11-8-12(14(23)9-11)15(13)16(25)19(27)28/h1,11-17H,8-10H2,2-6H3,(H,24,29)(H,27,28)/t11-,12+,13+,14+,15-,16-,17+/m0/s1. The lowest BCUT2D eigenvalue weighted by atomic mass is 9.77. The van der Waals surface area contributed by atoms with Crippen molar-refractivity contribution in [2.24, 2.45) is 29.1 Å². The van der Waals surface area contributed by atoms with E-state index in [1.165, 1.54) is 4.90 Å². The molecule has 7 atom stereocenters. The van der Waals surface area contributed by atoms with Gasteiger partial charge in [0.1, 0.15) is 23.9 Å². The van der Waals surface area contributed by atoms with E-state index >= 15 is 0 Å². The van der Waals surface area contributed by atoms with Gasteiger partial charge in [0.05, 0.1) is 5.41 Å². The number of ether oxygens (including phenoxy) is 1. The van der Waals surface area contributed by atoms with Crippen molar-refractivity contribution in [3.8, 4) is 12.3 Å². The molecule has 0 spiro atoms. The fourth-order valence-corrected chi connectivity index (χ4v) is 5.48. The van der Waals surface area contributed by atoms with Crippen molar-refractivity contribution in [2.45, 2.75) is 71.3 Å². The smallest absolute Gasteiger partial charge is 0.408 e. The van der Waals surface area contributed by atoms with Crippen LogP contribution in [0, 0.1) is 41.4 Å². The van der Waals surface area contributed by atoms with Crippen molar-refractivity contribution in [3.63, 3.8) is 0 Å². The number of hydrogen-bond acceptors (Lipinski definition) is 4. The average molecular weight is 422 g/mol. The monoisotopic (exact) mass is 422 g/mol. The van der Waals surface area contributed by atoms with Gasteiger partial charge < -0.3 is 20.1 Å². The van der Waals surface area contributed by atoms with Crippen molar-refractivity contribution >= 4 is 18.0 Å². The zero-order valence-corrected chi connectivity index (χ0v) is 18.1. The lowest BCUT2D eigenvalue weighted by Gasteiger charge is -2.35. The van der Waals surface area contributed by atoms with E-state index in [-0.39, 0.29) is 24.3 Å². The average Bonchev–Trinajstić information content (AvgIpc) is 3.26. The Morgan fingerprint density at radius 3 is 2.37 bits per heavy atom. The molecule has 3 fully saturated rings. The first-order chi connectivity index (χ1) is 13.8. The van der Waals surface area contributed by atoms with Gasteiger partial charge in [-0.25, -0.2) is 14.0 Å². The van der Waals surface area contributed by atoms with Gasteiger partial charge in [-0.3, -0.25) is 4.79 Å². The van der Waals surface area contributed by atoms with E-state index in [0.29, 0.717) is 12.8 Å². The number of rotatable bonds is 4. The molecule has 2 amide bonds. The molecule has 1 heterocycles. The second-order valence-corrected chi connectivity index (χ2v) is 10.4. The molecule has 7 nitrogen and oxygen atoms in total. The van der Waals surface area contributed by atoms with E-state index in [1.807, 2.05) is 0 Å². The fraction of sp³-hybridized carbons (Fsp3) is 0.773. The predicted octanol–water partition coefficient (Wildman–Crippen LogP) is 2.44. The molecule has 0 radical (unpaired) electrons. The van der Waals surface area contributed by atoms with Gasteiger partial charge in [-0.05, 0) is 65.2 Å². The molecule has 2 bridgehead atoms. The van der Waals surface area contributed by atoms with Crippen LogP contribution in [-0.2, 0) is 14.3 Å². The number of amides is 2. The van der Waals surface area contributed by atoms with Gasteiger partial charge in [-0.15, -0.1) is 6.42 Å². The number of carboxylic acids is 1. The van der Waals surface area contributed by atoms with Crippen LogP contribution in [0.1, 0.15) is 47.5 Å². The molecule has 0 aromatic rings. The lowest BCUT2D eigenvalue weighted by molar-refractivity contribution is -0.152. The van der Waals surface area contributed by atoms with Crippen molar-refractivity contribution in [3.05, 3.63) is 0 Å². The molecule has 2 N–H and O–H groups in total. The Morgan fingerprint density at radius 1 is 1.20 bits per heavy atom. The second kappa shape index (κ2) is 7.44. The van der Waals surface area contributed by atoms with E-state index in [2.05, 4.69) is 11.2 Å². The van der Waals surface area contributed by atoms with E-state index in [4.69, 9.17) is 11.2 Å². The van der Waals surface area contributed by atoms with Gasteiger partial charge in [0.2, 0.25) is 5.91 Å². The maximum atomic E-state index is 14.4. The maximum absolute atomic E-state index is 14.4. The van der Waals surface area contributed by atoms with Gasteiger partial charge in [0, 0.05) is 12.5 Å². The summed E-state index contributed by atoms with van der Waals surface area (Å²) in [4.78, 5) is 39.3. The zero-order valence-electron chi connectivity index (χ0n) is 18.1. The molecule has 8 heteroatoms. The normalized spacial score (nSPS) is 33.6. The number of carbonyl (C=O) groups is 3. The SMILES string of the molecule is C#CC(C)(C)[C@H](NC(=O)OC(C)(C)C)C(=O)N1C[C@@H]2[C@H]3C[C@@H]([C@@H]2[C@H]1C(=O)O)[C@H](F)C3. The number of aliphatic carboxylic acids is 1. The summed E-state index contributed by atoms with van der Waals surface area (Å²) >= 11 is 0. The number of halogens is 1. The zero-order chi connectivity index (χ0) is 22.6. The number of carbonyl (C=O) groups excluding carboxylic acids is 2. The summed E-state index contributed by atoms with van der Waals surface area (Å²) in [7, 11) is 0. The summed E-state index contributed by atoms with van der Waals surface area (Å²) in [5, 5.41) is 12.5. The molecule has 2 aliphatic carbocycles. The Bertz CT molecular complexity index is 783. The second-order valence-electron chi connectivity index (χ2n) is 10.4. The number of nitrogens with zero attached hydrogens (tertiary/aromatic N) is 1. The Labute approximate surface area is 176 Å². The van der Waals surface area contributed by atoms with E-state index in [0.717, 1.165) is 0 Å². The van der Waals surface area contributed by atoms with Crippen LogP contribution < -0.4 is 5.32 Å². The fourth-order valence-electron chi connectivity index (χ4n) is 5.48. The van der Waals surface area contributed by atoms with Gasteiger partial charge in [0.15, 0.2) is 0 Å². The molecule has 30 heavy (non-hydrogen) atoms. The largest absolute Gasteiger partial charge is 0.480 e. The Balaban J connectivity index is 1.88. The first kappa shape index (κ1) is 22.4. The summed E-state index contributed by atoms with van der Waals surface area (Å²) < 4.78 is 19.6. The number of terminal acetylenes is 1. The molecule has 1 saturated heterocycles. The van der Waals surface area contributed by atoms with Crippen LogP contribution in [0.2, 0.25) is 0 Å². The minimum absolute atomic E-state index is 0.0387. The van der Waals surface area contributed by atoms with E-state index in [9.17, 15) is 23.9 Å². The van der Waals surface area contributed by atoms with Crippen LogP contribution in [-0.4, -0.2) is 58.4 Å². The maximum Gasteiger partial charge on any atom is 0.408 e. The predicted molar refractivity (Wildman–Crippen MR) is 107 cm³/mol. The molecule has 2 saturated carbocycles. The highest BCUT2D eigenvalue weighted by Crippen LogP contribution is 2.58. The van der Waals surface area contributed by atoms with Crippen LogP contribution in [0.3, 0.4) is 0 Å². The van der Waals surface area contributed by atoms with Crippen LogP contribution >= 0.6 is 0 Å². The minimum Gasteiger partial charge on any atom is -0.480 e. The third-order valence-electron chi connectivity index (χ3n) is 6.81. The molecular weight excluding hydrogens is 391 g/mol. The minimum atomic E-state index is -1.17. The highest BCUT2D eigenvalue weighted by atomic mass is 19.1. The van der Waals surface area contributed by atoms with Gasteiger partial charge in [-0.2, -0.15) is 0 Å². The number of alkyl halides is 1. The molecule has 166 valence electrons. The Hall–Kier alpha value is -2.30. The highest BCUT2D eigenvalue weighted by molar-refractivity contribution is 5.91. The number of carboxylic acid groups (broad SMARTS) is 1. The van der Waals surface area contributed by atoms with Gasteiger partial charge in [0.25, 0.3) is 0 Å². The molecule has 0 aromatic heterocycles. The van der Waals surface area contributed by atoms with Crippen molar-refractivity contribution < 1.29 is 28.6 Å². The number of alkyl carbamates (subject to hydrolysis) is 1. The van der Waals surface area contributed by atoms with Crippen molar-refractivity contribution in [2.75, 3.05) is 6.54 Å². The van der Waals surface area contributed by atoms with Crippen molar-refractivity contribution in [1.29, 1.82) is 0 Å². The topological polar surface area (TPSA) is 95.9 Å². The lowest BCUT2D eigenvalue weighted by Crippen LogP contribution is -2.58. The van der Waals surface area contributed by atoms with Gasteiger partial charge in [-0.1, -0.05) is 5.92 Å². The van der Waals surface area contributed by atoms with Crippen LogP contribution in [0.4, 0.5) is 9.18 Å². The van der Waals surface area contributed by atoms with E-state index < -0.39 is 53.2 Å². The molecule has 0 unspecified atom stereocenters. The quantitative estimate of drug-likeness (QED) is 0.679. The van der Waals surface area contributed by atoms with Crippen LogP contribution in [0.5, 0.6) is 0 Å².